The van der Waals surface area contributed by atoms with Crippen LogP contribution >= 0.6 is 11.6 Å². The monoisotopic (exact) mass is 445 g/mol. The van der Waals surface area contributed by atoms with Gasteiger partial charge in [-0.15, -0.1) is 0 Å². The summed E-state index contributed by atoms with van der Waals surface area (Å²) in [5, 5.41) is 1.08. The molecule has 4 aromatic rings. The summed E-state index contributed by atoms with van der Waals surface area (Å²) in [6.45, 7) is 0.624. The van der Waals surface area contributed by atoms with E-state index >= 15 is 0 Å². The third-order valence-corrected chi connectivity index (χ3v) is 6.07. The molecule has 0 unspecified atom stereocenters. The van der Waals surface area contributed by atoms with E-state index in [4.69, 9.17) is 11.6 Å². The van der Waals surface area contributed by atoms with Gasteiger partial charge in [0.1, 0.15) is 0 Å². The van der Waals surface area contributed by atoms with Crippen molar-refractivity contribution in [1.82, 2.24) is 9.55 Å². The topological polar surface area (TPSA) is 75.2 Å². The maximum Gasteiger partial charge on any atom is 0.333 e. The van der Waals surface area contributed by atoms with E-state index in [-0.39, 0.29) is 5.91 Å². The minimum absolute atomic E-state index is 0.123. The van der Waals surface area contributed by atoms with Crippen molar-refractivity contribution in [1.29, 1.82) is 0 Å². The van der Waals surface area contributed by atoms with Gasteiger partial charge in [-0.05, 0) is 79.4 Å². The minimum atomic E-state index is -0.522. The summed E-state index contributed by atoms with van der Waals surface area (Å²) in [4.78, 5) is 43.2. The van der Waals surface area contributed by atoms with Gasteiger partial charge in [-0.2, -0.15) is 0 Å². The molecular formula is C25H20ClN3O3. The van der Waals surface area contributed by atoms with Crippen LogP contribution in [0.15, 0.2) is 76.3 Å². The van der Waals surface area contributed by atoms with Crippen LogP contribution < -0.4 is 16.1 Å². The number of rotatable bonds is 2. The predicted molar refractivity (Wildman–Crippen MR) is 126 cm³/mol. The van der Waals surface area contributed by atoms with E-state index in [9.17, 15) is 14.4 Å². The lowest BCUT2D eigenvalue weighted by molar-refractivity contribution is 0.0987. The van der Waals surface area contributed by atoms with Crippen molar-refractivity contribution in [2.75, 3.05) is 11.4 Å². The molecule has 160 valence electrons. The van der Waals surface area contributed by atoms with E-state index in [2.05, 4.69) is 4.98 Å². The van der Waals surface area contributed by atoms with E-state index in [0.29, 0.717) is 33.7 Å². The third-order valence-electron chi connectivity index (χ3n) is 5.83. The summed E-state index contributed by atoms with van der Waals surface area (Å²) < 4.78 is 1.08. The van der Waals surface area contributed by atoms with Gasteiger partial charge in [-0.25, -0.2) is 9.36 Å². The highest BCUT2D eigenvalue weighted by molar-refractivity contribution is 6.30. The van der Waals surface area contributed by atoms with Gasteiger partial charge in [0.15, 0.2) is 0 Å². The lowest BCUT2D eigenvalue weighted by Gasteiger charge is -2.23. The van der Waals surface area contributed by atoms with Gasteiger partial charge in [-0.1, -0.05) is 23.7 Å². The Morgan fingerprint density at radius 1 is 0.938 bits per heavy atom. The molecule has 0 saturated heterocycles. The normalized spacial score (nSPS) is 13.6. The first-order valence-electron chi connectivity index (χ1n) is 10.5. The summed E-state index contributed by atoms with van der Waals surface area (Å²) >= 11 is 6.15. The van der Waals surface area contributed by atoms with E-state index in [1.807, 2.05) is 12.1 Å². The van der Waals surface area contributed by atoms with Gasteiger partial charge >= 0.3 is 5.69 Å². The number of carbonyl (C=O) groups excluding carboxylic acids is 1. The zero-order valence-corrected chi connectivity index (χ0v) is 17.9. The molecule has 0 radical (unpaired) electrons. The Balaban J connectivity index is 1.51. The molecule has 1 aliphatic heterocycles. The van der Waals surface area contributed by atoms with Crippen molar-refractivity contribution in [3.63, 3.8) is 0 Å². The number of amides is 1. The van der Waals surface area contributed by atoms with Crippen LogP contribution in [0.2, 0.25) is 5.02 Å². The molecule has 5 rings (SSSR count). The number of aromatic nitrogens is 2. The SMILES string of the molecule is O=C(c1ccc(-n2c(=O)[nH]c3ccccc3c2=O)cc1)N1CCCCc2cc(Cl)ccc21. The molecule has 0 fully saturated rings. The lowest BCUT2D eigenvalue weighted by atomic mass is 10.1. The number of aryl methyl sites for hydroxylation is 1. The second-order valence-corrected chi connectivity index (χ2v) is 8.29. The maximum absolute atomic E-state index is 13.3. The van der Waals surface area contributed by atoms with Crippen molar-refractivity contribution in [2.24, 2.45) is 0 Å². The first-order chi connectivity index (χ1) is 15.5. The largest absolute Gasteiger partial charge is 0.333 e. The fourth-order valence-electron chi connectivity index (χ4n) is 4.24. The number of para-hydroxylation sites is 1. The van der Waals surface area contributed by atoms with Crippen molar-refractivity contribution in [2.45, 2.75) is 19.3 Å². The molecule has 32 heavy (non-hydrogen) atoms. The summed E-state index contributed by atoms with van der Waals surface area (Å²) in [7, 11) is 0. The number of benzene rings is 3. The molecule has 0 saturated carbocycles. The van der Waals surface area contributed by atoms with Crippen LogP contribution in [-0.4, -0.2) is 22.0 Å². The molecule has 6 nitrogen and oxygen atoms in total. The first kappa shape index (κ1) is 20.3. The zero-order valence-electron chi connectivity index (χ0n) is 17.2. The molecule has 1 amide bonds. The van der Waals surface area contributed by atoms with Crippen LogP contribution in [0.1, 0.15) is 28.8 Å². The summed E-state index contributed by atoms with van der Waals surface area (Å²) in [6, 6.07) is 19.0. The fraction of sp³-hybridized carbons (Fsp3) is 0.160. The van der Waals surface area contributed by atoms with Crippen LogP contribution in [0.4, 0.5) is 5.69 Å². The first-order valence-corrected chi connectivity index (χ1v) is 10.9. The van der Waals surface area contributed by atoms with Crippen LogP contribution in [-0.2, 0) is 6.42 Å². The Morgan fingerprint density at radius 2 is 1.72 bits per heavy atom. The van der Waals surface area contributed by atoms with Crippen molar-refractivity contribution in [3.05, 3.63) is 104 Å². The number of anilines is 1. The summed E-state index contributed by atoms with van der Waals surface area (Å²) in [6.07, 6.45) is 2.77. The Kier molecular flexibility index (Phi) is 5.15. The van der Waals surface area contributed by atoms with Crippen molar-refractivity contribution in [3.8, 4) is 5.69 Å². The number of H-pyrrole nitrogens is 1. The summed E-state index contributed by atoms with van der Waals surface area (Å²) in [5.41, 5.74) is 2.40. The Morgan fingerprint density at radius 3 is 2.53 bits per heavy atom. The molecule has 0 aliphatic carbocycles. The van der Waals surface area contributed by atoms with Crippen LogP contribution in [0, 0.1) is 0 Å². The standard InChI is InChI=1S/C25H20ClN3O3/c26-18-10-13-22-17(15-18)5-3-4-14-28(22)23(30)16-8-11-19(12-9-16)29-24(31)20-6-1-2-7-21(20)27-25(29)32/h1-2,6-13,15H,3-5,14H2,(H,27,32). The number of hydrogen-bond acceptors (Lipinski definition) is 3. The molecule has 1 N–H and O–H groups in total. The average Bonchev–Trinajstić information content (AvgIpc) is 3.01. The van der Waals surface area contributed by atoms with Crippen LogP contribution in [0.3, 0.4) is 0 Å². The molecule has 0 bridgehead atoms. The van der Waals surface area contributed by atoms with Gasteiger partial charge in [0.2, 0.25) is 0 Å². The number of halogens is 1. The Labute approximate surface area is 188 Å². The number of fused-ring (bicyclic) bond motifs is 2. The van der Waals surface area contributed by atoms with Crippen molar-refractivity contribution >= 4 is 34.1 Å². The van der Waals surface area contributed by atoms with E-state index in [1.54, 1.807) is 59.5 Å². The summed E-state index contributed by atoms with van der Waals surface area (Å²) in [5.74, 6) is -0.123. The highest BCUT2D eigenvalue weighted by Crippen LogP contribution is 2.30. The Bertz CT molecular complexity index is 1450. The average molecular weight is 446 g/mol. The molecular weight excluding hydrogens is 426 g/mol. The zero-order chi connectivity index (χ0) is 22.2. The van der Waals surface area contributed by atoms with Gasteiger partial charge in [0.25, 0.3) is 11.5 Å². The quantitative estimate of drug-likeness (QED) is 0.499. The number of nitrogens with zero attached hydrogens (tertiary/aromatic N) is 2. The second-order valence-electron chi connectivity index (χ2n) is 7.85. The van der Waals surface area contributed by atoms with E-state index in [1.165, 1.54) is 0 Å². The molecule has 0 atom stereocenters. The number of carbonyl (C=O) groups is 1. The predicted octanol–water partition coefficient (Wildman–Crippen LogP) is 4.32. The number of hydrogen-bond donors (Lipinski definition) is 1. The molecule has 7 heteroatoms. The van der Waals surface area contributed by atoms with Crippen LogP contribution in [0.25, 0.3) is 16.6 Å². The Hall–Kier alpha value is -3.64. The second kappa shape index (κ2) is 8.13. The van der Waals surface area contributed by atoms with Gasteiger partial charge in [0, 0.05) is 22.8 Å². The van der Waals surface area contributed by atoms with Crippen molar-refractivity contribution < 1.29 is 4.79 Å². The smallest absolute Gasteiger partial charge is 0.308 e. The highest BCUT2D eigenvalue weighted by atomic mass is 35.5. The number of nitrogens with one attached hydrogen (secondary N) is 1. The van der Waals surface area contributed by atoms with Crippen LogP contribution in [0.5, 0.6) is 0 Å². The lowest BCUT2D eigenvalue weighted by Crippen LogP contribution is -2.34. The number of aromatic amines is 1. The minimum Gasteiger partial charge on any atom is -0.308 e. The van der Waals surface area contributed by atoms with Gasteiger partial charge < -0.3 is 9.88 Å². The molecule has 2 heterocycles. The molecule has 1 aliphatic rings. The highest BCUT2D eigenvalue weighted by Gasteiger charge is 2.23. The van der Waals surface area contributed by atoms with E-state index in [0.717, 1.165) is 35.1 Å². The maximum atomic E-state index is 13.3. The molecule has 1 aromatic heterocycles. The molecule has 0 spiro atoms. The van der Waals surface area contributed by atoms with Gasteiger partial charge in [-0.3, -0.25) is 9.59 Å². The fourth-order valence-corrected chi connectivity index (χ4v) is 4.43. The van der Waals surface area contributed by atoms with Gasteiger partial charge in [0.05, 0.1) is 16.6 Å². The third kappa shape index (κ3) is 3.52. The molecule has 3 aromatic carbocycles. The van der Waals surface area contributed by atoms with E-state index < -0.39 is 11.2 Å².